The van der Waals surface area contributed by atoms with Gasteiger partial charge in [-0.3, -0.25) is 4.79 Å². The van der Waals surface area contributed by atoms with Crippen LogP contribution in [-0.2, 0) is 4.79 Å². The normalized spacial score (nSPS) is 13.3. The van der Waals surface area contributed by atoms with Crippen LogP contribution in [0.25, 0.3) is 11.1 Å². The van der Waals surface area contributed by atoms with Crippen molar-refractivity contribution in [3.05, 3.63) is 24.3 Å². The standard InChI is InChI=1S/C15H20N2O3S/c1-15(2,3)12(18)8-16-13(19)9-21-14-17-10-6-4-5-7-11(10)20-14/h4-7,12,18H,8-9H2,1-3H3,(H,16,19). The first-order valence-electron chi connectivity index (χ1n) is 6.79. The molecule has 6 heteroatoms. The number of aromatic nitrogens is 1. The van der Waals surface area contributed by atoms with E-state index in [-0.39, 0.29) is 23.6 Å². The number of aliphatic hydroxyl groups is 1. The predicted octanol–water partition coefficient (Wildman–Crippen LogP) is 2.44. The molecule has 1 aromatic heterocycles. The predicted molar refractivity (Wildman–Crippen MR) is 83.2 cm³/mol. The van der Waals surface area contributed by atoms with Crippen molar-refractivity contribution in [1.82, 2.24) is 10.3 Å². The van der Waals surface area contributed by atoms with E-state index in [4.69, 9.17) is 4.42 Å². The Morgan fingerprint density at radius 2 is 2.14 bits per heavy atom. The van der Waals surface area contributed by atoms with E-state index in [0.29, 0.717) is 10.8 Å². The van der Waals surface area contributed by atoms with E-state index in [1.165, 1.54) is 11.8 Å². The van der Waals surface area contributed by atoms with Gasteiger partial charge in [0.15, 0.2) is 5.58 Å². The molecule has 0 aliphatic carbocycles. The Kier molecular flexibility index (Phi) is 4.90. The van der Waals surface area contributed by atoms with E-state index in [2.05, 4.69) is 10.3 Å². The molecule has 1 unspecified atom stereocenters. The number of para-hydroxylation sites is 2. The number of carbonyl (C=O) groups is 1. The number of benzene rings is 1. The Balaban J connectivity index is 1.81. The van der Waals surface area contributed by atoms with Gasteiger partial charge >= 0.3 is 0 Å². The summed E-state index contributed by atoms with van der Waals surface area (Å²) in [5, 5.41) is 13.1. The topological polar surface area (TPSA) is 75.4 Å². The average molecular weight is 308 g/mol. The Morgan fingerprint density at radius 1 is 1.43 bits per heavy atom. The van der Waals surface area contributed by atoms with Crippen LogP contribution >= 0.6 is 11.8 Å². The van der Waals surface area contributed by atoms with Gasteiger partial charge in [-0.1, -0.05) is 44.7 Å². The maximum absolute atomic E-state index is 11.8. The molecular weight excluding hydrogens is 288 g/mol. The zero-order valence-electron chi connectivity index (χ0n) is 12.4. The van der Waals surface area contributed by atoms with Gasteiger partial charge in [-0.25, -0.2) is 4.98 Å². The van der Waals surface area contributed by atoms with Crippen LogP contribution in [0.15, 0.2) is 33.9 Å². The fourth-order valence-electron chi connectivity index (χ4n) is 1.61. The molecule has 2 N–H and O–H groups in total. The van der Waals surface area contributed by atoms with Gasteiger partial charge in [0, 0.05) is 6.54 Å². The zero-order valence-corrected chi connectivity index (χ0v) is 13.2. The molecule has 1 heterocycles. The number of carbonyl (C=O) groups excluding carboxylic acids is 1. The Labute approximate surface area is 128 Å². The van der Waals surface area contributed by atoms with Crippen LogP contribution in [0.5, 0.6) is 0 Å². The molecule has 0 spiro atoms. The van der Waals surface area contributed by atoms with Crippen molar-refractivity contribution >= 4 is 28.8 Å². The van der Waals surface area contributed by atoms with E-state index >= 15 is 0 Å². The van der Waals surface area contributed by atoms with Gasteiger partial charge in [-0.15, -0.1) is 0 Å². The van der Waals surface area contributed by atoms with Gasteiger partial charge in [0.1, 0.15) is 5.52 Å². The molecule has 0 bridgehead atoms. The SMILES string of the molecule is CC(C)(C)C(O)CNC(=O)CSc1nc2ccccc2o1. The van der Waals surface area contributed by atoms with Gasteiger partial charge in [-0.2, -0.15) is 0 Å². The molecule has 1 amide bonds. The number of hydrogen-bond donors (Lipinski definition) is 2. The van der Waals surface area contributed by atoms with Gasteiger partial charge in [0.25, 0.3) is 5.22 Å². The number of rotatable bonds is 5. The van der Waals surface area contributed by atoms with Crippen LogP contribution < -0.4 is 5.32 Å². The van der Waals surface area contributed by atoms with Crippen molar-refractivity contribution in [2.45, 2.75) is 32.1 Å². The number of fused-ring (bicyclic) bond motifs is 1. The van der Waals surface area contributed by atoms with Crippen molar-refractivity contribution in [3.63, 3.8) is 0 Å². The first-order chi connectivity index (χ1) is 9.86. The molecule has 114 valence electrons. The van der Waals surface area contributed by atoms with E-state index in [1.807, 2.05) is 45.0 Å². The van der Waals surface area contributed by atoms with Crippen LogP contribution in [0.2, 0.25) is 0 Å². The molecule has 2 rings (SSSR count). The third-order valence-electron chi connectivity index (χ3n) is 3.09. The average Bonchev–Trinajstić information content (AvgIpc) is 2.84. The minimum absolute atomic E-state index is 0.148. The van der Waals surface area contributed by atoms with Gasteiger partial charge in [0.05, 0.1) is 11.9 Å². The smallest absolute Gasteiger partial charge is 0.257 e. The third-order valence-corrected chi connectivity index (χ3v) is 3.92. The van der Waals surface area contributed by atoms with E-state index < -0.39 is 6.10 Å². The summed E-state index contributed by atoms with van der Waals surface area (Å²) in [5.41, 5.74) is 1.24. The largest absolute Gasteiger partial charge is 0.431 e. The molecule has 2 aromatic rings. The van der Waals surface area contributed by atoms with E-state index in [1.54, 1.807) is 0 Å². The van der Waals surface area contributed by atoms with Crippen LogP contribution in [0.4, 0.5) is 0 Å². The Hall–Kier alpha value is -1.53. The molecule has 0 saturated carbocycles. The lowest BCUT2D eigenvalue weighted by Crippen LogP contribution is -2.39. The molecule has 5 nitrogen and oxygen atoms in total. The highest BCUT2D eigenvalue weighted by Crippen LogP contribution is 2.23. The van der Waals surface area contributed by atoms with Gasteiger partial charge in [0.2, 0.25) is 5.91 Å². The van der Waals surface area contributed by atoms with Crippen LogP contribution in [0, 0.1) is 5.41 Å². The molecule has 0 fully saturated rings. The number of amides is 1. The second-order valence-electron chi connectivity index (χ2n) is 5.92. The number of aliphatic hydroxyl groups excluding tert-OH is 1. The minimum Gasteiger partial charge on any atom is -0.431 e. The third kappa shape index (κ3) is 4.47. The van der Waals surface area contributed by atoms with Crippen molar-refractivity contribution < 1.29 is 14.3 Å². The first-order valence-corrected chi connectivity index (χ1v) is 7.78. The quantitative estimate of drug-likeness (QED) is 0.830. The second kappa shape index (κ2) is 6.49. The Bertz CT molecular complexity index is 586. The monoisotopic (exact) mass is 308 g/mol. The fraction of sp³-hybridized carbons (Fsp3) is 0.467. The zero-order chi connectivity index (χ0) is 15.5. The fourth-order valence-corrected chi connectivity index (χ4v) is 2.28. The highest BCUT2D eigenvalue weighted by molar-refractivity contribution is 7.99. The van der Waals surface area contributed by atoms with Gasteiger partial charge in [-0.05, 0) is 17.5 Å². The molecule has 21 heavy (non-hydrogen) atoms. The van der Waals surface area contributed by atoms with Gasteiger partial charge < -0.3 is 14.8 Å². The molecule has 0 saturated heterocycles. The summed E-state index contributed by atoms with van der Waals surface area (Å²) in [6.07, 6.45) is -0.573. The molecule has 0 aliphatic rings. The molecule has 0 radical (unpaired) electrons. The summed E-state index contributed by atoms with van der Waals surface area (Å²) in [6, 6.07) is 7.47. The summed E-state index contributed by atoms with van der Waals surface area (Å²) < 4.78 is 5.52. The number of nitrogens with one attached hydrogen (secondary N) is 1. The van der Waals surface area contributed by atoms with E-state index in [0.717, 1.165) is 5.52 Å². The van der Waals surface area contributed by atoms with Crippen molar-refractivity contribution in [2.24, 2.45) is 5.41 Å². The van der Waals surface area contributed by atoms with Crippen molar-refractivity contribution in [1.29, 1.82) is 0 Å². The highest BCUT2D eigenvalue weighted by Gasteiger charge is 2.22. The second-order valence-corrected chi connectivity index (χ2v) is 6.85. The van der Waals surface area contributed by atoms with E-state index in [9.17, 15) is 9.90 Å². The molecule has 0 aliphatic heterocycles. The first kappa shape index (κ1) is 15.9. The summed E-state index contributed by atoms with van der Waals surface area (Å²) in [7, 11) is 0. The number of thioether (sulfide) groups is 1. The minimum atomic E-state index is -0.573. The lowest BCUT2D eigenvalue weighted by atomic mass is 9.89. The lowest BCUT2D eigenvalue weighted by Gasteiger charge is -2.25. The highest BCUT2D eigenvalue weighted by atomic mass is 32.2. The number of nitrogens with zero attached hydrogens (tertiary/aromatic N) is 1. The number of hydrogen-bond acceptors (Lipinski definition) is 5. The Morgan fingerprint density at radius 3 is 2.81 bits per heavy atom. The summed E-state index contributed by atoms with van der Waals surface area (Å²) in [6.45, 7) is 6.03. The van der Waals surface area contributed by atoms with Crippen molar-refractivity contribution in [3.8, 4) is 0 Å². The maximum Gasteiger partial charge on any atom is 0.257 e. The summed E-state index contributed by atoms with van der Waals surface area (Å²) >= 11 is 1.24. The lowest BCUT2D eigenvalue weighted by molar-refractivity contribution is -0.119. The molecule has 1 aromatic carbocycles. The van der Waals surface area contributed by atoms with Crippen LogP contribution in [0.1, 0.15) is 20.8 Å². The summed E-state index contributed by atoms with van der Waals surface area (Å²) in [4.78, 5) is 16.0. The van der Waals surface area contributed by atoms with Crippen molar-refractivity contribution in [2.75, 3.05) is 12.3 Å². The maximum atomic E-state index is 11.8. The summed E-state index contributed by atoms with van der Waals surface area (Å²) in [5.74, 6) is 0.0644. The molecule has 1 atom stereocenters. The molecular formula is C15H20N2O3S. The van der Waals surface area contributed by atoms with Crippen LogP contribution in [0.3, 0.4) is 0 Å². The van der Waals surface area contributed by atoms with Crippen LogP contribution in [-0.4, -0.2) is 34.4 Å². The number of oxazole rings is 1.